The van der Waals surface area contributed by atoms with E-state index in [0.29, 0.717) is 6.54 Å². The molecule has 0 radical (unpaired) electrons. The minimum absolute atomic E-state index is 0.0450. The molecule has 0 aliphatic carbocycles. The lowest BCUT2D eigenvalue weighted by molar-refractivity contribution is -0.119. The van der Waals surface area contributed by atoms with Gasteiger partial charge < -0.3 is 10.6 Å². The lowest BCUT2D eigenvalue weighted by Crippen LogP contribution is -2.29. The Balaban J connectivity index is 1.51. The van der Waals surface area contributed by atoms with Crippen molar-refractivity contribution in [1.29, 1.82) is 0 Å². The highest BCUT2D eigenvalue weighted by Gasteiger charge is 2.02. The van der Waals surface area contributed by atoms with Crippen LogP contribution in [0.5, 0.6) is 0 Å². The second-order valence-electron chi connectivity index (χ2n) is 6.31. The Bertz CT molecular complexity index is 951. The summed E-state index contributed by atoms with van der Waals surface area (Å²) in [6.07, 6.45) is 0. The van der Waals surface area contributed by atoms with Crippen LogP contribution in [0.25, 0.3) is 0 Å². The number of hydrogen-bond donors (Lipinski definition) is 2. The smallest absolute Gasteiger partial charge is 0.239 e. The molecule has 134 valence electrons. The molecule has 0 aliphatic heterocycles. The van der Waals surface area contributed by atoms with Crippen LogP contribution in [0.3, 0.4) is 0 Å². The Morgan fingerprint density at radius 1 is 0.852 bits per heavy atom. The zero-order valence-electron chi connectivity index (χ0n) is 15.3. The highest BCUT2D eigenvalue weighted by Crippen LogP contribution is 2.10. The van der Waals surface area contributed by atoms with Crippen LogP contribution in [0.4, 0.5) is 5.69 Å². The van der Waals surface area contributed by atoms with Crippen LogP contribution >= 0.6 is 0 Å². The van der Waals surface area contributed by atoms with E-state index in [-0.39, 0.29) is 12.5 Å². The number of aryl methyl sites for hydroxylation is 1. The van der Waals surface area contributed by atoms with Gasteiger partial charge in [-0.25, -0.2) is 0 Å². The predicted molar refractivity (Wildman–Crippen MR) is 110 cm³/mol. The first-order chi connectivity index (χ1) is 13.2. The Morgan fingerprint density at radius 2 is 1.56 bits per heavy atom. The molecule has 27 heavy (non-hydrogen) atoms. The maximum Gasteiger partial charge on any atom is 0.239 e. The van der Waals surface area contributed by atoms with E-state index in [1.165, 1.54) is 5.56 Å². The minimum atomic E-state index is -0.0450. The highest BCUT2D eigenvalue weighted by molar-refractivity contribution is 5.80. The van der Waals surface area contributed by atoms with Gasteiger partial charge in [0.05, 0.1) is 6.54 Å². The number of rotatable bonds is 5. The molecule has 0 heterocycles. The van der Waals surface area contributed by atoms with Gasteiger partial charge in [0, 0.05) is 23.4 Å². The Labute approximate surface area is 160 Å². The summed E-state index contributed by atoms with van der Waals surface area (Å²) in [6.45, 7) is 2.80. The Morgan fingerprint density at radius 3 is 2.33 bits per heavy atom. The van der Waals surface area contributed by atoms with Crippen molar-refractivity contribution in [2.75, 3.05) is 11.9 Å². The first-order valence-electron chi connectivity index (χ1n) is 8.92. The van der Waals surface area contributed by atoms with Crippen molar-refractivity contribution in [2.45, 2.75) is 13.5 Å². The van der Waals surface area contributed by atoms with Crippen LogP contribution in [0.15, 0.2) is 78.9 Å². The average Bonchev–Trinajstić information content (AvgIpc) is 2.71. The Hall–Kier alpha value is -3.51. The van der Waals surface area contributed by atoms with Gasteiger partial charge >= 0.3 is 0 Å². The molecule has 0 spiro atoms. The Kier molecular flexibility index (Phi) is 6.27. The van der Waals surface area contributed by atoms with Gasteiger partial charge in [-0.05, 0) is 42.8 Å². The standard InChI is InChI=1S/C24H22N2O/c1-19-10-12-22(13-11-19)17-26-24(27)18-25-23-9-5-8-21(16-23)15-14-20-6-3-2-4-7-20/h2-13,16,25H,17-18H2,1H3,(H,26,27). The predicted octanol–water partition coefficient (Wildman–Crippen LogP) is 4.12. The third-order valence-corrected chi connectivity index (χ3v) is 4.05. The van der Waals surface area contributed by atoms with Gasteiger partial charge in [0.15, 0.2) is 0 Å². The van der Waals surface area contributed by atoms with Crippen molar-refractivity contribution in [3.8, 4) is 11.8 Å². The molecule has 0 saturated carbocycles. The second kappa shape index (κ2) is 9.26. The molecule has 0 unspecified atom stereocenters. The molecule has 3 aromatic rings. The molecule has 2 N–H and O–H groups in total. The molecule has 0 aromatic heterocycles. The molecule has 3 nitrogen and oxygen atoms in total. The number of amides is 1. The van der Waals surface area contributed by atoms with Gasteiger partial charge in [-0.3, -0.25) is 4.79 Å². The van der Waals surface area contributed by atoms with Gasteiger partial charge in [0.1, 0.15) is 0 Å². The maximum atomic E-state index is 12.1. The normalized spacial score (nSPS) is 9.81. The first kappa shape index (κ1) is 18.3. The number of benzene rings is 3. The minimum Gasteiger partial charge on any atom is -0.376 e. The molecule has 0 saturated heterocycles. The van der Waals surface area contributed by atoms with Crippen LogP contribution in [-0.4, -0.2) is 12.5 Å². The molecule has 1 amide bonds. The summed E-state index contributed by atoms with van der Waals surface area (Å²) in [5, 5.41) is 6.07. The topological polar surface area (TPSA) is 41.1 Å². The fourth-order valence-corrected chi connectivity index (χ4v) is 2.52. The summed E-state index contributed by atoms with van der Waals surface area (Å²) in [5.41, 5.74) is 5.06. The molecule has 0 atom stereocenters. The van der Waals surface area contributed by atoms with E-state index in [1.54, 1.807) is 0 Å². The van der Waals surface area contributed by atoms with Gasteiger partial charge in [0.2, 0.25) is 5.91 Å². The molecule has 0 aliphatic rings. The molecular formula is C24H22N2O. The van der Waals surface area contributed by atoms with Gasteiger partial charge in [0.25, 0.3) is 0 Å². The van der Waals surface area contributed by atoms with E-state index in [0.717, 1.165) is 22.4 Å². The van der Waals surface area contributed by atoms with Crippen LogP contribution in [-0.2, 0) is 11.3 Å². The summed E-state index contributed by atoms with van der Waals surface area (Å²) in [5.74, 6) is 6.24. The van der Waals surface area contributed by atoms with Crippen molar-refractivity contribution in [2.24, 2.45) is 0 Å². The van der Waals surface area contributed by atoms with Gasteiger partial charge in [-0.2, -0.15) is 0 Å². The van der Waals surface area contributed by atoms with Gasteiger partial charge in [-0.15, -0.1) is 0 Å². The second-order valence-corrected chi connectivity index (χ2v) is 6.31. The molecular weight excluding hydrogens is 332 g/mol. The number of anilines is 1. The van der Waals surface area contributed by atoms with Crippen molar-refractivity contribution in [3.63, 3.8) is 0 Å². The lowest BCUT2D eigenvalue weighted by atomic mass is 10.1. The van der Waals surface area contributed by atoms with Crippen LogP contribution in [0.2, 0.25) is 0 Å². The summed E-state index contributed by atoms with van der Waals surface area (Å²) in [7, 11) is 0. The van der Waals surface area contributed by atoms with E-state index < -0.39 is 0 Å². The van der Waals surface area contributed by atoms with Crippen LogP contribution in [0, 0.1) is 18.8 Å². The summed E-state index contributed by atoms with van der Waals surface area (Å²) in [6, 6.07) is 25.8. The van der Waals surface area contributed by atoms with Gasteiger partial charge in [-0.1, -0.05) is 65.9 Å². The average molecular weight is 354 g/mol. The third kappa shape index (κ3) is 6.05. The number of carbonyl (C=O) groups excluding carboxylic acids is 1. The number of hydrogen-bond acceptors (Lipinski definition) is 2. The highest BCUT2D eigenvalue weighted by atomic mass is 16.1. The summed E-state index contributed by atoms with van der Waals surface area (Å²) < 4.78 is 0. The third-order valence-electron chi connectivity index (χ3n) is 4.05. The van der Waals surface area contributed by atoms with Crippen LogP contribution in [0.1, 0.15) is 22.3 Å². The largest absolute Gasteiger partial charge is 0.376 e. The quantitative estimate of drug-likeness (QED) is 0.677. The molecule has 3 rings (SSSR count). The van der Waals surface area contributed by atoms with E-state index >= 15 is 0 Å². The molecule has 0 fully saturated rings. The summed E-state index contributed by atoms with van der Waals surface area (Å²) in [4.78, 5) is 12.1. The van der Waals surface area contributed by atoms with E-state index in [4.69, 9.17) is 0 Å². The maximum absolute atomic E-state index is 12.1. The molecule has 0 bridgehead atoms. The fourth-order valence-electron chi connectivity index (χ4n) is 2.52. The molecule has 3 heteroatoms. The zero-order valence-corrected chi connectivity index (χ0v) is 15.3. The van der Waals surface area contributed by atoms with E-state index in [9.17, 15) is 4.79 Å². The summed E-state index contributed by atoms with van der Waals surface area (Å²) >= 11 is 0. The van der Waals surface area contributed by atoms with E-state index in [1.807, 2.05) is 85.8 Å². The monoisotopic (exact) mass is 354 g/mol. The number of nitrogens with one attached hydrogen (secondary N) is 2. The molecule has 3 aromatic carbocycles. The van der Waals surface area contributed by atoms with Crippen molar-refractivity contribution < 1.29 is 4.79 Å². The van der Waals surface area contributed by atoms with Crippen LogP contribution < -0.4 is 10.6 Å². The lowest BCUT2D eigenvalue weighted by Gasteiger charge is -2.08. The first-order valence-corrected chi connectivity index (χ1v) is 8.92. The fraction of sp³-hybridized carbons (Fsp3) is 0.125. The SMILES string of the molecule is Cc1ccc(CNC(=O)CNc2cccc(C#Cc3ccccc3)c2)cc1. The van der Waals surface area contributed by atoms with Crippen molar-refractivity contribution in [3.05, 3.63) is 101 Å². The van der Waals surface area contributed by atoms with E-state index in [2.05, 4.69) is 22.5 Å². The van der Waals surface area contributed by atoms with Crippen molar-refractivity contribution >= 4 is 11.6 Å². The van der Waals surface area contributed by atoms with Crippen molar-refractivity contribution in [1.82, 2.24) is 5.32 Å². The number of carbonyl (C=O) groups is 1. The zero-order chi connectivity index (χ0) is 18.9.